The first-order chi connectivity index (χ1) is 15.9. The van der Waals surface area contributed by atoms with Gasteiger partial charge in [0.2, 0.25) is 5.75 Å². The predicted molar refractivity (Wildman–Crippen MR) is 113 cm³/mol. The maximum atomic E-state index is 13.1. The molecule has 0 aliphatic heterocycles. The van der Waals surface area contributed by atoms with E-state index < -0.39 is 28.9 Å². The lowest BCUT2D eigenvalue weighted by Crippen LogP contribution is -2.08. The first-order valence-electron chi connectivity index (χ1n) is 9.65. The molecule has 0 radical (unpaired) electrons. The van der Waals surface area contributed by atoms with E-state index >= 15 is 0 Å². The maximum absolute atomic E-state index is 13.1. The van der Waals surface area contributed by atoms with E-state index in [-0.39, 0.29) is 39.5 Å². The van der Waals surface area contributed by atoms with Crippen LogP contribution in [0, 0.1) is 0 Å². The Hall–Kier alpha value is -3.69. The van der Waals surface area contributed by atoms with Gasteiger partial charge < -0.3 is 14.2 Å². The third-order valence-corrected chi connectivity index (χ3v) is 5.06. The quantitative estimate of drug-likeness (QED) is 0.391. The number of methoxy groups -OCH3 is 3. The number of hydrogen-bond acceptors (Lipinski definition) is 4. The first-order valence-corrected chi connectivity index (χ1v) is 9.65. The predicted octanol–water partition coefficient (Wildman–Crippen LogP) is 6.44. The molecule has 0 heterocycles. The number of halogens is 6. The van der Waals surface area contributed by atoms with Crippen LogP contribution in [0.25, 0.3) is 22.3 Å². The zero-order valence-corrected chi connectivity index (χ0v) is 18.1. The largest absolute Gasteiger partial charge is 0.492 e. The van der Waals surface area contributed by atoms with Gasteiger partial charge in [-0.15, -0.1) is 0 Å². The van der Waals surface area contributed by atoms with Gasteiger partial charge in [-0.2, -0.15) is 26.3 Å². The number of alkyl halides is 6. The lowest BCUT2D eigenvalue weighted by Gasteiger charge is -2.11. The number of ether oxygens (including phenoxy) is 3. The van der Waals surface area contributed by atoms with Gasteiger partial charge in [0.1, 0.15) is 0 Å². The Morgan fingerprint density at radius 1 is 0.559 bits per heavy atom. The summed E-state index contributed by atoms with van der Waals surface area (Å²) in [5.74, 6) is -0.607. The van der Waals surface area contributed by atoms with Crippen molar-refractivity contribution in [3.05, 3.63) is 75.9 Å². The molecular weight excluding hydrogens is 466 g/mol. The number of benzene rings is 2. The molecule has 180 valence electrons. The summed E-state index contributed by atoms with van der Waals surface area (Å²) in [4.78, 5) is 13.1. The number of hydrogen-bond donors (Lipinski definition) is 0. The molecule has 0 saturated carbocycles. The molecule has 0 amide bonds. The summed E-state index contributed by atoms with van der Waals surface area (Å²) in [6.45, 7) is 0. The average molecular weight is 484 g/mol. The van der Waals surface area contributed by atoms with Crippen molar-refractivity contribution < 1.29 is 40.6 Å². The smallest absolute Gasteiger partial charge is 0.416 e. The topological polar surface area (TPSA) is 44.8 Å². The molecule has 0 bridgehead atoms. The van der Waals surface area contributed by atoms with Crippen LogP contribution in [0.4, 0.5) is 26.3 Å². The van der Waals surface area contributed by atoms with Crippen LogP contribution < -0.4 is 19.6 Å². The SMILES string of the molecule is COc1c(-c2ccc(C(F)(F)F)cc2)cc(-c2ccc(C(F)(F)F)cc2)c(OC)c(=O)c1OC. The summed E-state index contributed by atoms with van der Waals surface area (Å²) in [5, 5.41) is 0. The molecule has 3 aromatic carbocycles. The van der Waals surface area contributed by atoms with Crippen LogP contribution in [0.15, 0.2) is 59.4 Å². The van der Waals surface area contributed by atoms with Crippen molar-refractivity contribution in [2.24, 2.45) is 0 Å². The molecule has 0 N–H and O–H groups in total. The molecule has 10 heteroatoms. The van der Waals surface area contributed by atoms with E-state index in [0.29, 0.717) is 0 Å². The lowest BCUT2D eigenvalue weighted by atomic mass is 9.99. The van der Waals surface area contributed by atoms with Crippen molar-refractivity contribution in [2.75, 3.05) is 21.3 Å². The molecule has 0 aliphatic carbocycles. The minimum Gasteiger partial charge on any atom is -0.492 e. The Morgan fingerprint density at radius 3 is 1.24 bits per heavy atom. The lowest BCUT2D eigenvalue weighted by molar-refractivity contribution is -0.138. The molecular formula is C24H18F6O4. The van der Waals surface area contributed by atoms with Gasteiger partial charge in [0.15, 0.2) is 11.5 Å². The van der Waals surface area contributed by atoms with E-state index in [4.69, 9.17) is 14.2 Å². The Balaban J connectivity index is 2.36. The minimum atomic E-state index is -4.56. The van der Waals surface area contributed by atoms with Crippen LogP contribution in [0.5, 0.6) is 17.2 Å². The normalized spacial score (nSPS) is 11.8. The van der Waals surface area contributed by atoms with E-state index in [0.717, 1.165) is 36.4 Å². The Morgan fingerprint density at radius 2 is 0.912 bits per heavy atom. The van der Waals surface area contributed by atoms with Crippen molar-refractivity contribution in [3.8, 4) is 39.5 Å². The molecule has 0 fully saturated rings. The van der Waals surface area contributed by atoms with E-state index in [1.54, 1.807) is 0 Å². The van der Waals surface area contributed by atoms with Gasteiger partial charge >= 0.3 is 12.4 Å². The summed E-state index contributed by atoms with van der Waals surface area (Å²) in [6, 6.07) is 9.51. The maximum Gasteiger partial charge on any atom is 0.416 e. The molecule has 4 nitrogen and oxygen atoms in total. The fourth-order valence-electron chi connectivity index (χ4n) is 3.42. The molecule has 34 heavy (non-hydrogen) atoms. The van der Waals surface area contributed by atoms with E-state index in [9.17, 15) is 31.1 Å². The molecule has 3 aromatic rings. The van der Waals surface area contributed by atoms with Gasteiger partial charge in [-0.3, -0.25) is 4.79 Å². The van der Waals surface area contributed by atoms with Crippen LogP contribution in [0.1, 0.15) is 11.1 Å². The Bertz CT molecular complexity index is 1230. The highest BCUT2D eigenvalue weighted by Crippen LogP contribution is 2.42. The highest BCUT2D eigenvalue weighted by molar-refractivity contribution is 5.82. The number of rotatable bonds is 5. The van der Waals surface area contributed by atoms with Crippen LogP contribution in [0.2, 0.25) is 0 Å². The molecule has 0 spiro atoms. The second kappa shape index (κ2) is 9.28. The van der Waals surface area contributed by atoms with Crippen LogP contribution in [0.3, 0.4) is 0 Å². The molecule has 0 unspecified atom stereocenters. The van der Waals surface area contributed by atoms with Crippen LogP contribution in [-0.4, -0.2) is 21.3 Å². The Kier molecular flexibility index (Phi) is 6.81. The van der Waals surface area contributed by atoms with Gasteiger partial charge in [0, 0.05) is 11.1 Å². The van der Waals surface area contributed by atoms with Gasteiger partial charge in [0.05, 0.1) is 32.5 Å². The average Bonchev–Trinajstić information content (AvgIpc) is 2.91. The van der Waals surface area contributed by atoms with Gasteiger partial charge in [0.25, 0.3) is 5.43 Å². The summed E-state index contributed by atoms with van der Waals surface area (Å²) in [5.41, 5.74) is -1.82. The molecule has 0 atom stereocenters. The minimum absolute atomic E-state index is 0.0799. The van der Waals surface area contributed by atoms with Gasteiger partial charge in [-0.1, -0.05) is 24.3 Å². The zero-order valence-electron chi connectivity index (χ0n) is 18.1. The monoisotopic (exact) mass is 484 g/mol. The van der Waals surface area contributed by atoms with Crippen LogP contribution in [-0.2, 0) is 12.4 Å². The van der Waals surface area contributed by atoms with Crippen molar-refractivity contribution in [1.82, 2.24) is 0 Å². The third-order valence-electron chi connectivity index (χ3n) is 5.06. The van der Waals surface area contributed by atoms with Crippen LogP contribution >= 0.6 is 0 Å². The third kappa shape index (κ3) is 4.80. The van der Waals surface area contributed by atoms with Crippen molar-refractivity contribution in [1.29, 1.82) is 0 Å². The van der Waals surface area contributed by atoms with E-state index in [1.165, 1.54) is 39.5 Å². The summed E-state index contributed by atoms with van der Waals surface area (Å²) in [7, 11) is 3.65. The fourth-order valence-corrected chi connectivity index (χ4v) is 3.42. The van der Waals surface area contributed by atoms with E-state index in [1.807, 2.05) is 0 Å². The summed E-state index contributed by atoms with van der Waals surface area (Å²) in [6.07, 6.45) is -9.12. The highest BCUT2D eigenvalue weighted by atomic mass is 19.4. The molecule has 0 aliphatic rings. The second-order valence-electron chi connectivity index (χ2n) is 7.05. The fraction of sp³-hybridized carbons (Fsp3) is 0.208. The standard InChI is InChI=1S/C24H18F6O4/c1-32-20-17(13-4-8-15(9-5-13)23(25,26)27)12-18(21(33-2)22(34-3)19(20)31)14-6-10-16(11-7-14)24(28,29)30/h4-12H,1-3H3. The zero-order chi connectivity index (χ0) is 25.3. The highest BCUT2D eigenvalue weighted by Gasteiger charge is 2.31. The molecule has 0 aromatic heterocycles. The first kappa shape index (κ1) is 24.9. The van der Waals surface area contributed by atoms with Crippen molar-refractivity contribution in [3.63, 3.8) is 0 Å². The summed E-state index contributed by atoms with van der Waals surface area (Å²) < 4.78 is 93.9. The van der Waals surface area contributed by atoms with Gasteiger partial charge in [-0.05, 0) is 41.5 Å². The van der Waals surface area contributed by atoms with Gasteiger partial charge in [-0.25, -0.2) is 0 Å². The second-order valence-corrected chi connectivity index (χ2v) is 7.05. The Labute approximate surface area is 190 Å². The van der Waals surface area contributed by atoms with E-state index in [2.05, 4.69) is 0 Å². The van der Waals surface area contributed by atoms with Crippen molar-refractivity contribution in [2.45, 2.75) is 12.4 Å². The summed E-state index contributed by atoms with van der Waals surface area (Å²) >= 11 is 0. The molecule has 3 rings (SSSR count). The van der Waals surface area contributed by atoms with Crippen molar-refractivity contribution >= 4 is 0 Å². The molecule has 0 saturated heterocycles.